The number of hydrogen-bond donors (Lipinski definition) is 4. The number of hydrogen-bond acceptors (Lipinski definition) is 10. The fourth-order valence-electron chi connectivity index (χ4n) is 4.16. The van der Waals surface area contributed by atoms with Crippen LogP contribution in [0.4, 0.5) is 0 Å². The molecule has 0 aromatic rings. The highest BCUT2D eigenvalue weighted by molar-refractivity contribution is 5.70. The van der Waals surface area contributed by atoms with Gasteiger partial charge in [0.15, 0.2) is 12.4 Å². The molecule has 4 N–H and O–H groups in total. The predicted octanol–water partition coefficient (Wildman–Crippen LogP) is 3.32. The third-order valence-electron chi connectivity index (χ3n) is 6.65. The van der Waals surface area contributed by atoms with Crippen molar-refractivity contribution in [3.8, 4) is 0 Å². The first-order valence-electron chi connectivity index (χ1n) is 14.8. The Hall–Kier alpha value is -1.56. The molecule has 10 heteroatoms. The van der Waals surface area contributed by atoms with Gasteiger partial charge in [-0.3, -0.25) is 9.59 Å². The Morgan fingerprint density at radius 2 is 1.38 bits per heavy atom. The highest BCUT2D eigenvalue weighted by Gasteiger charge is 2.44. The molecule has 1 aliphatic rings. The molecule has 0 saturated carbocycles. The Kier molecular flexibility index (Phi) is 20.2. The quantitative estimate of drug-likeness (QED) is 0.0881. The van der Waals surface area contributed by atoms with Crippen LogP contribution in [0.3, 0.4) is 0 Å². The summed E-state index contributed by atoms with van der Waals surface area (Å²) in [5.74, 6) is -0.862. The number of carbonyl (C=O) groups is 2. The standard InChI is InChI=1S/C29H52O10/c1-3-5-7-8-9-10-11-12-13-14-15-16-18-25(32)38-22(20-36-24(31)17-6-4-2)21-37-29-28(35)27(34)26(33)23(19-30)39-29/h9-10,22-23,26-30,33-35H,3-8,11-21H2,1-2H3/b10-9-. The number of carbonyl (C=O) groups excluding carboxylic acids is 2. The molecule has 0 spiro atoms. The molecular formula is C29H52O10. The van der Waals surface area contributed by atoms with Crippen molar-refractivity contribution < 1.29 is 49.0 Å². The van der Waals surface area contributed by atoms with E-state index in [4.69, 9.17) is 18.9 Å². The van der Waals surface area contributed by atoms with E-state index in [-0.39, 0.29) is 26.1 Å². The number of aliphatic hydroxyl groups is 4. The highest BCUT2D eigenvalue weighted by Crippen LogP contribution is 2.22. The molecule has 0 aliphatic carbocycles. The van der Waals surface area contributed by atoms with Gasteiger partial charge in [-0.2, -0.15) is 0 Å². The van der Waals surface area contributed by atoms with E-state index in [1.165, 1.54) is 19.3 Å². The Balaban J connectivity index is 2.42. The fourth-order valence-corrected chi connectivity index (χ4v) is 4.16. The Morgan fingerprint density at radius 3 is 2.05 bits per heavy atom. The molecule has 10 nitrogen and oxygen atoms in total. The topological polar surface area (TPSA) is 152 Å². The summed E-state index contributed by atoms with van der Waals surface area (Å²) in [4.78, 5) is 24.4. The van der Waals surface area contributed by atoms with Crippen molar-refractivity contribution in [2.75, 3.05) is 19.8 Å². The summed E-state index contributed by atoms with van der Waals surface area (Å²) in [6, 6.07) is 0. The second-order valence-corrected chi connectivity index (χ2v) is 10.2. The van der Waals surface area contributed by atoms with Gasteiger partial charge < -0.3 is 39.4 Å². The van der Waals surface area contributed by atoms with Crippen LogP contribution in [-0.4, -0.2) is 89.0 Å². The number of esters is 2. The maximum atomic E-state index is 12.4. The summed E-state index contributed by atoms with van der Waals surface area (Å²) in [5.41, 5.74) is 0. The van der Waals surface area contributed by atoms with Gasteiger partial charge in [-0.25, -0.2) is 0 Å². The van der Waals surface area contributed by atoms with Gasteiger partial charge in [-0.15, -0.1) is 0 Å². The number of aliphatic hydroxyl groups excluding tert-OH is 4. The van der Waals surface area contributed by atoms with Crippen molar-refractivity contribution in [2.24, 2.45) is 0 Å². The molecule has 0 amide bonds. The first-order chi connectivity index (χ1) is 18.8. The van der Waals surface area contributed by atoms with E-state index < -0.39 is 55.4 Å². The van der Waals surface area contributed by atoms with Crippen LogP contribution in [-0.2, 0) is 28.5 Å². The molecule has 39 heavy (non-hydrogen) atoms. The van der Waals surface area contributed by atoms with Crippen molar-refractivity contribution in [1.82, 2.24) is 0 Å². The third-order valence-corrected chi connectivity index (χ3v) is 6.65. The molecule has 0 aromatic heterocycles. The first-order valence-corrected chi connectivity index (χ1v) is 14.8. The smallest absolute Gasteiger partial charge is 0.306 e. The minimum atomic E-state index is -1.59. The second-order valence-electron chi connectivity index (χ2n) is 10.2. The van der Waals surface area contributed by atoms with Gasteiger partial charge in [0.2, 0.25) is 0 Å². The summed E-state index contributed by atoms with van der Waals surface area (Å²) in [6.07, 6.45) is 9.29. The van der Waals surface area contributed by atoms with Crippen molar-refractivity contribution in [2.45, 2.75) is 141 Å². The van der Waals surface area contributed by atoms with Crippen LogP contribution in [0.2, 0.25) is 0 Å². The molecule has 0 radical (unpaired) electrons. The summed E-state index contributed by atoms with van der Waals surface area (Å²) in [5, 5.41) is 39.4. The van der Waals surface area contributed by atoms with Crippen LogP contribution in [0.5, 0.6) is 0 Å². The maximum Gasteiger partial charge on any atom is 0.306 e. The van der Waals surface area contributed by atoms with Crippen molar-refractivity contribution in [1.29, 1.82) is 0 Å². The zero-order valence-corrected chi connectivity index (χ0v) is 23.9. The number of unbranched alkanes of at least 4 members (excludes halogenated alkanes) is 9. The molecule has 228 valence electrons. The van der Waals surface area contributed by atoms with Crippen LogP contribution < -0.4 is 0 Å². The minimum absolute atomic E-state index is 0.220. The first kappa shape index (κ1) is 35.5. The van der Waals surface area contributed by atoms with E-state index in [0.717, 1.165) is 44.9 Å². The molecule has 0 bridgehead atoms. The van der Waals surface area contributed by atoms with Crippen molar-refractivity contribution in [3.63, 3.8) is 0 Å². The van der Waals surface area contributed by atoms with Gasteiger partial charge in [-0.05, 0) is 38.5 Å². The van der Waals surface area contributed by atoms with E-state index in [1.807, 2.05) is 6.92 Å². The van der Waals surface area contributed by atoms with Crippen LogP contribution in [0.25, 0.3) is 0 Å². The van der Waals surface area contributed by atoms with Crippen molar-refractivity contribution >= 4 is 11.9 Å². The van der Waals surface area contributed by atoms with E-state index in [2.05, 4.69) is 19.1 Å². The lowest BCUT2D eigenvalue weighted by atomic mass is 9.99. The van der Waals surface area contributed by atoms with Gasteiger partial charge >= 0.3 is 11.9 Å². The van der Waals surface area contributed by atoms with Gasteiger partial charge in [0.25, 0.3) is 0 Å². The zero-order valence-electron chi connectivity index (χ0n) is 23.9. The Morgan fingerprint density at radius 1 is 0.769 bits per heavy atom. The van der Waals surface area contributed by atoms with Gasteiger partial charge in [0, 0.05) is 12.8 Å². The molecule has 1 rings (SSSR count). The maximum absolute atomic E-state index is 12.4. The monoisotopic (exact) mass is 560 g/mol. The number of allylic oxidation sites excluding steroid dienone is 2. The summed E-state index contributed by atoms with van der Waals surface area (Å²) in [6.45, 7) is 3.07. The third kappa shape index (κ3) is 15.7. The summed E-state index contributed by atoms with van der Waals surface area (Å²) in [7, 11) is 0. The van der Waals surface area contributed by atoms with Gasteiger partial charge in [0.05, 0.1) is 13.2 Å². The normalized spacial score (nSPS) is 24.1. The number of ether oxygens (including phenoxy) is 4. The molecule has 1 fully saturated rings. The molecule has 1 heterocycles. The van der Waals surface area contributed by atoms with E-state index in [1.54, 1.807) is 0 Å². The highest BCUT2D eigenvalue weighted by atomic mass is 16.7. The zero-order chi connectivity index (χ0) is 28.9. The lowest BCUT2D eigenvalue weighted by Gasteiger charge is -2.39. The molecule has 1 saturated heterocycles. The number of rotatable bonds is 22. The van der Waals surface area contributed by atoms with Crippen LogP contribution >= 0.6 is 0 Å². The average molecular weight is 561 g/mol. The summed E-state index contributed by atoms with van der Waals surface area (Å²) < 4.78 is 21.6. The van der Waals surface area contributed by atoms with Gasteiger partial charge in [0.1, 0.15) is 31.0 Å². The van der Waals surface area contributed by atoms with Crippen LogP contribution in [0.15, 0.2) is 12.2 Å². The molecule has 6 atom stereocenters. The molecular weight excluding hydrogens is 508 g/mol. The van der Waals surface area contributed by atoms with Gasteiger partial charge in [-0.1, -0.05) is 64.5 Å². The predicted molar refractivity (Wildman–Crippen MR) is 146 cm³/mol. The lowest BCUT2D eigenvalue weighted by molar-refractivity contribution is -0.305. The van der Waals surface area contributed by atoms with Crippen LogP contribution in [0.1, 0.15) is 104 Å². The summed E-state index contributed by atoms with van der Waals surface area (Å²) >= 11 is 0. The molecule has 6 unspecified atom stereocenters. The largest absolute Gasteiger partial charge is 0.462 e. The molecule has 0 aromatic carbocycles. The van der Waals surface area contributed by atoms with E-state index >= 15 is 0 Å². The van der Waals surface area contributed by atoms with E-state index in [0.29, 0.717) is 12.8 Å². The van der Waals surface area contributed by atoms with E-state index in [9.17, 15) is 30.0 Å². The van der Waals surface area contributed by atoms with Crippen molar-refractivity contribution in [3.05, 3.63) is 12.2 Å². The SMILES string of the molecule is CCCCC/C=C\CCCCCCCC(=O)OC(COC(=O)CCCC)COC1OC(CO)C(O)C(O)C1O. The lowest BCUT2D eigenvalue weighted by Crippen LogP contribution is -2.59. The second kappa shape index (κ2) is 22.2. The minimum Gasteiger partial charge on any atom is -0.462 e. The molecule has 1 aliphatic heterocycles. The average Bonchev–Trinajstić information content (AvgIpc) is 2.93. The fraction of sp³-hybridized carbons (Fsp3) is 0.862. The van der Waals surface area contributed by atoms with Crippen LogP contribution in [0, 0.1) is 0 Å². The Labute approximate surface area is 233 Å². The Bertz CT molecular complexity index is 668.